The monoisotopic (exact) mass is 268 g/mol. The Balaban J connectivity index is 1.72. The highest BCUT2D eigenvalue weighted by Crippen LogP contribution is 2.29. The fourth-order valence-electron chi connectivity index (χ4n) is 2.63. The minimum atomic E-state index is 0.378. The van der Waals surface area contributed by atoms with Crippen molar-refractivity contribution in [2.75, 3.05) is 6.54 Å². The molecule has 2 aromatic rings. The molecule has 3 rings (SSSR count). The molecule has 1 aromatic heterocycles. The molecule has 3 nitrogen and oxygen atoms in total. The second kappa shape index (κ2) is 6.53. The summed E-state index contributed by atoms with van der Waals surface area (Å²) in [6.07, 6.45) is 5.49. The standard InChI is InChI=1S/C17H20N2O/c1-2-7-14(8-3-1)13-20-17-15(9-6-12-19-17)16-10-4-5-11-18-16/h1-3,6-9,12,16,18H,4-5,10-11,13H2. The van der Waals surface area contributed by atoms with E-state index in [1.54, 1.807) is 6.20 Å². The van der Waals surface area contributed by atoms with Crippen LogP contribution in [0, 0.1) is 0 Å². The van der Waals surface area contributed by atoms with Crippen molar-refractivity contribution in [1.29, 1.82) is 0 Å². The molecule has 1 N–H and O–H groups in total. The number of hydrogen-bond acceptors (Lipinski definition) is 3. The van der Waals surface area contributed by atoms with Crippen LogP contribution in [0.15, 0.2) is 48.7 Å². The molecule has 1 fully saturated rings. The van der Waals surface area contributed by atoms with E-state index >= 15 is 0 Å². The summed E-state index contributed by atoms with van der Waals surface area (Å²) in [6, 6.07) is 14.7. The lowest BCUT2D eigenvalue weighted by Crippen LogP contribution is -2.27. The van der Waals surface area contributed by atoms with Crippen LogP contribution in [-0.4, -0.2) is 11.5 Å². The maximum atomic E-state index is 5.93. The van der Waals surface area contributed by atoms with Gasteiger partial charge in [-0.15, -0.1) is 0 Å². The van der Waals surface area contributed by atoms with Gasteiger partial charge >= 0.3 is 0 Å². The molecule has 3 heteroatoms. The van der Waals surface area contributed by atoms with Gasteiger partial charge in [0, 0.05) is 17.8 Å². The van der Waals surface area contributed by atoms with Crippen molar-refractivity contribution in [3.63, 3.8) is 0 Å². The Morgan fingerprint density at radius 3 is 2.80 bits per heavy atom. The van der Waals surface area contributed by atoms with Crippen LogP contribution in [0.25, 0.3) is 0 Å². The van der Waals surface area contributed by atoms with Crippen molar-refractivity contribution in [2.45, 2.75) is 31.9 Å². The fourth-order valence-corrected chi connectivity index (χ4v) is 2.63. The zero-order chi connectivity index (χ0) is 13.6. The second-order valence-corrected chi connectivity index (χ2v) is 5.17. The fraction of sp³-hybridized carbons (Fsp3) is 0.353. The molecule has 0 radical (unpaired) electrons. The topological polar surface area (TPSA) is 34.1 Å². The molecule has 0 spiro atoms. The Morgan fingerprint density at radius 1 is 1.10 bits per heavy atom. The number of nitrogens with zero attached hydrogens (tertiary/aromatic N) is 1. The summed E-state index contributed by atoms with van der Waals surface area (Å²) in [6.45, 7) is 1.65. The molecule has 0 bridgehead atoms. The predicted molar refractivity (Wildman–Crippen MR) is 79.6 cm³/mol. The summed E-state index contributed by atoms with van der Waals surface area (Å²) in [5, 5.41) is 3.55. The van der Waals surface area contributed by atoms with Gasteiger partial charge in [-0.2, -0.15) is 0 Å². The first-order valence-corrected chi connectivity index (χ1v) is 7.28. The number of pyridine rings is 1. The van der Waals surface area contributed by atoms with Gasteiger partial charge in [0.1, 0.15) is 6.61 Å². The van der Waals surface area contributed by atoms with E-state index in [2.05, 4.69) is 28.5 Å². The summed E-state index contributed by atoms with van der Waals surface area (Å²) in [7, 11) is 0. The summed E-state index contributed by atoms with van der Waals surface area (Å²) >= 11 is 0. The van der Waals surface area contributed by atoms with E-state index in [-0.39, 0.29) is 0 Å². The van der Waals surface area contributed by atoms with E-state index in [4.69, 9.17) is 4.74 Å². The van der Waals surface area contributed by atoms with E-state index in [0.29, 0.717) is 12.6 Å². The average molecular weight is 268 g/mol. The van der Waals surface area contributed by atoms with E-state index in [1.165, 1.54) is 24.0 Å². The van der Waals surface area contributed by atoms with Crippen molar-refractivity contribution in [2.24, 2.45) is 0 Å². The third-order valence-corrected chi connectivity index (χ3v) is 3.70. The molecule has 0 aliphatic carbocycles. The summed E-state index contributed by atoms with van der Waals surface area (Å²) < 4.78 is 5.93. The lowest BCUT2D eigenvalue weighted by Gasteiger charge is -2.25. The highest BCUT2D eigenvalue weighted by molar-refractivity contribution is 5.29. The molecule has 1 aliphatic rings. The highest BCUT2D eigenvalue weighted by Gasteiger charge is 2.19. The zero-order valence-corrected chi connectivity index (χ0v) is 11.6. The van der Waals surface area contributed by atoms with Gasteiger partial charge in [0.2, 0.25) is 5.88 Å². The number of ether oxygens (including phenoxy) is 1. The van der Waals surface area contributed by atoms with Crippen molar-refractivity contribution >= 4 is 0 Å². The molecule has 1 aromatic carbocycles. The van der Waals surface area contributed by atoms with Crippen molar-refractivity contribution in [3.8, 4) is 5.88 Å². The number of benzene rings is 1. The Labute approximate surface area is 120 Å². The van der Waals surface area contributed by atoms with E-state index in [0.717, 1.165) is 18.8 Å². The first-order chi connectivity index (χ1) is 9.93. The van der Waals surface area contributed by atoms with Crippen LogP contribution in [0.4, 0.5) is 0 Å². The van der Waals surface area contributed by atoms with Gasteiger partial charge in [0.25, 0.3) is 0 Å². The van der Waals surface area contributed by atoms with Crippen LogP contribution in [0.2, 0.25) is 0 Å². The summed E-state index contributed by atoms with van der Waals surface area (Å²) in [5.74, 6) is 0.760. The van der Waals surface area contributed by atoms with Crippen LogP contribution in [0.3, 0.4) is 0 Å². The Hall–Kier alpha value is -1.87. The Kier molecular flexibility index (Phi) is 4.28. The van der Waals surface area contributed by atoms with Crippen LogP contribution in [0.5, 0.6) is 5.88 Å². The largest absolute Gasteiger partial charge is 0.473 e. The third kappa shape index (κ3) is 3.17. The molecule has 104 valence electrons. The van der Waals surface area contributed by atoms with E-state index in [1.807, 2.05) is 24.3 Å². The van der Waals surface area contributed by atoms with Crippen molar-refractivity contribution < 1.29 is 4.74 Å². The predicted octanol–water partition coefficient (Wildman–Crippen LogP) is 3.48. The molecular formula is C17H20N2O. The normalized spacial score (nSPS) is 18.7. The Morgan fingerprint density at radius 2 is 2.00 bits per heavy atom. The van der Waals surface area contributed by atoms with E-state index < -0.39 is 0 Å². The first-order valence-electron chi connectivity index (χ1n) is 7.28. The molecule has 0 amide bonds. The quantitative estimate of drug-likeness (QED) is 0.922. The van der Waals surface area contributed by atoms with Gasteiger partial charge in [-0.3, -0.25) is 0 Å². The van der Waals surface area contributed by atoms with Gasteiger partial charge in [-0.05, 0) is 31.0 Å². The van der Waals surface area contributed by atoms with Gasteiger partial charge in [0.05, 0.1) is 0 Å². The minimum Gasteiger partial charge on any atom is -0.473 e. The highest BCUT2D eigenvalue weighted by atomic mass is 16.5. The van der Waals surface area contributed by atoms with Gasteiger partial charge < -0.3 is 10.1 Å². The van der Waals surface area contributed by atoms with Gasteiger partial charge in [0.15, 0.2) is 0 Å². The molecular weight excluding hydrogens is 248 g/mol. The molecule has 1 unspecified atom stereocenters. The lowest BCUT2D eigenvalue weighted by molar-refractivity contribution is 0.282. The van der Waals surface area contributed by atoms with Crippen LogP contribution in [-0.2, 0) is 6.61 Å². The van der Waals surface area contributed by atoms with Crippen molar-refractivity contribution in [3.05, 3.63) is 59.8 Å². The summed E-state index contributed by atoms with van der Waals surface area (Å²) in [4.78, 5) is 4.41. The molecule has 20 heavy (non-hydrogen) atoms. The number of nitrogens with one attached hydrogen (secondary N) is 1. The molecule has 1 atom stereocenters. The number of aromatic nitrogens is 1. The van der Waals surface area contributed by atoms with Crippen LogP contribution >= 0.6 is 0 Å². The summed E-state index contributed by atoms with van der Waals surface area (Å²) in [5.41, 5.74) is 2.35. The SMILES string of the molecule is c1ccc(COc2ncccc2C2CCCCN2)cc1. The maximum absolute atomic E-state index is 5.93. The molecule has 1 saturated heterocycles. The number of piperidine rings is 1. The molecule has 0 saturated carbocycles. The smallest absolute Gasteiger partial charge is 0.218 e. The number of rotatable bonds is 4. The van der Waals surface area contributed by atoms with Crippen molar-refractivity contribution in [1.82, 2.24) is 10.3 Å². The van der Waals surface area contributed by atoms with Crippen LogP contribution < -0.4 is 10.1 Å². The zero-order valence-electron chi connectivity index (χ0n) is 11.6. The minimum absolute atomic E-state index is 0.378. The molecule has 2 heterocycles. The third-order valence-electron chi connectivity index (χ3n) is 3.70. The average Bonchev–Trinajstić information content (AvgIpc) is 2.55. The lowest BCUT2D eigenvalue weighted by atomic mass is 9.98. The van der Waals surface area contributed by atoms with E-state index in [9.17, 15) is 0 Å². The maximum Gasteiger partial charge on any atom is 0.218 e. The van der Waals surface area contributed by atoms with Gasteiger partial charge in [-0.1, -0.05) is 42.8 Å². The first kappa shape index (κ1) is 13.1. The Bertz CT molecular complexity index is 536. The number of hydrogen-bond donors (Lipinski definition) is 1. The van der Waals surface area contributed by atoms with Gasteiger partial charge in [-0.25, -0.2) is 4.98 Å². The van der Waals surface area contributed by atoms with Crippen LogP contribution in [0.1, 0.15) is 36.4 Å². The molecule has 1 aliphatic heterocycles. The second-order valence-electron chi connectivity index (χ2n) is 5.17.